The largest absolute Gasteiger partial charge is 0.497 e. The number of nitro groups is 1. The molecule has 0 fully saturated rings. The lowest BCUT2D eigenvalue weighted by Crippen LogP contribution is -2.08. The van der Waals surface area contributed by atoms with Crippen LogP contribution in [0.15, 0.2) is 54.6 Å². The van der Waals surface area contributed by atoms with Crippen molar-refractivity contribution in [3.8, 4) is 5.75 Å². The van der Waals surface area contributed by atoms with Gasteiger partial charge in [0.05, 0.1) is 12.0 Å². The molecular formula is C17H16N6O3. The van der Waals surface area contributed by atoms with E-state index in [0.717, 1.165) is 5.69 Å². The maximum atomic E-state index is 11.4. The molecule has 1 aromatic heterocycles. The van der Waals surface area contributed by atoms with Crippen molar-refractivity contribution in [2.75, 3.05) is 23.5 Å². The predicted molar refractivity (Wildman–Crippen MR) is 99.1 cm³/mol. The Hall–Kier alpha value is -3.88. The molecule has 0 aliphatic carbocycles. The zero-order valence-electron chi connectivity index (χ0n) is 13.8. The van der Waals surface area contributed by atoms with E-state index in [2.05, 4.69) is 20.6 Å². The van der Waals surface area contributed by atoms with Crippen molar-refractivity contribution in [2.24, 2.45) is 0 Å². The van der Waals surface area contributed by atoms with Gasteiger partial charge in [0.2, 0.25) is 17.6 Å². The third kappa shape index (κ3) is 3.78. The number of hydrogen-bond donors (Lipinski definition) is 3. The molecule has 0 aliphatic heterocycles. The Morgan fingerprint density at radius 1 is 1.00 bits per heavy atom. The summed E-state index contributed by atoms with van der Waals surface area (Å²) in [5.41, 5.74) is 6.72. The maximum absolute atomic E-state index is 11.4. The maximum Gasteiger partial charge on any atom is 0.353 e. The molecule has 0 unspecified atom stereocenters. The summed E-state index contributed by atoms with van der Waals surface area (Å²) >= 11 is 0. The SMILES string of the molecule is COc1ccc(Nc2nc(Nc3ccccc3)nc(N)c2[N+](=O)[O-])cc1. The number of nitrogens with zero attached hydrogens (tertiary/aromatic N) is 3. The van der Waals surface area contributed by atoms with Crippen LogP contribution < -0.4 is 21.1 Å². The average Bonchev–Trinajstić information content (AvgIpc) is 2.62. The summed E-state index contributed by atoms with van der Waals surface area (Å²) in [6, 6.07) is 16.1. The first kappa shape index (κ1) is 17.0. The average molecular weight is 352 g/mol. The third-order valence-corrected chi connectivity index (χ3v) is 3.48. The Kier molecular flexibility index (Phi) is 4.79. The monoisotopic (exact) mass is 352 g/mol. The molecule has 26 heavy (non-hydrogen) atoms. The van der Waals surface area contributed by atoms with E-state index in [1.54, 1.807) is 31.4 Å². The summed E-state index contributed by atoms with van der Waals surface area (Å²) in [5.74, 6) is 0.569. The smallest absolute Gasteiger partial charge is 0.353 e. The fraction of sp³-hybridized carbons (Fsp3) is 0.0588. The molecule has 132 valence electrons. The van der Waals surface area contributed by atoms with E-state index in [1.165, 1.54) is 0 Å². The number of nitrogens with two attached hydrogens (primary N) is 1. The van der Waals surface area contributed by atoms with Gasteiger partial charge in [-0.25, -0.2) is 0 Å². The van der Waals surface area contributed by atoms with Gasteiger partial charge >= 0.3 is 5.69 Å². The molecule has 0 aliphatic rings. The lowest BCUT2D eigenvalue weighted by molar-refractivity contribution is -0.383. The standard InChI is InChI=1S/C17H16N6O3/c1-26-13-9-7-12(8-10-13)19-16-14(23(24)25)15(18)21-17(22-16)20-11-5-3-2-4-6-11/h2-10H,1H3,(H4,18,19,20,21,22). The lowest BCUT2D eigenvalue weighted by atomic mass is 10.3. The number of para-hydroxylation sites is 1. The second-order valence-corrected chi connectivity index (χ2v) is 5.23. The van der Waals surface area contributed by atoms with Crippen molar-refractivity contribution in [1.82, 2.24) is 9.97 Å². The molecule has 0 saturated heterocycles. The van der Waals surface area contributed by atoms with Crippen LogP contribution in [-0.4, -0.2) is 22.0 Å². The van der Waals surface area contributed by atoms with Crippen molar-refractivity contribution in [3.63, 3.8) is 0 Å². The molecule has 0 atom stereocenters. The van der Waals surface area contributed by atoms with E-state index in [4.69, 9.17) is 10.5 Å². The van der Waals surface area contributed by atoms with Crippen LogP contribution in [0.1, 0.15) is 0 Å². The van der Waals surface area contributed by atoms with Crippen LogP contribution in [0, 0.1) is 10.1 Å². The van der Waals surface area contributed by atoms with Gasteiger partial charge in [0, 0.05) is 11.4 Å². The summed E-state index contributed by atoms with van der Waals surface area (Å²) < 4.78 is 5.09. The number of aromatic nitrogens is 2. The topological polar surface area (TPSA) is 128 Å². The summed E-state index contributed by atoms with van der Waals surface area (Å²) in [7, 11) is 1.56. The Bertz CT molecular complexity index is 916. The van der Waals surface area contributed by atoms with Crippen molar-refractivity contribution >= 4 is 34.6 Å². The molecule has 0 bridgehead atoms. The van der Waals surface area contributed by atoms with Gasteiger partial charge in [0.1, 0.15) is 5.75 Å². The van der Waals surface area contributed by atoms with Gasteiger partial charge in [-0.3, -0.25) is 10.1 Å². The molecule has 0 amide bonds. The molecule has 0 saturated carbocycles. The predicted octanol–water partition coefficient (Wildman–Crippen LogP) is 3.46. The van der Waals surface area contributed by atoms with E-state index >= 15 is 0 Å². The number of hydrogen-bond acceptors (Lipinski definition) is 8. The molecule has 2 aromatic carbocycles. The van der Waals surface area contributed by atoms with Gasteiger partial charge in [-0.1, -0.05) is 18.2 Å². The molecule has 1 heterocycles. The van der Waals surface area contributed by atoms with Crippen LogP contribution in [0.25, 0.3) is 0 Å². The highest BCUT2D eigenvalue weighted by molar-refractivity contribution is 5.75. The Balaban J connectivity index is 1.96. The van der Waals surface area contributed by atoms with Gasteiger partial charge < -0.3 is 21.1 Å². The van der Waals surface area contributed by atoms with E-state index in [1.807, 2.05) is 30.3 Å². The van der Waals surface area contributed by atoms with E-state index in [9.17, 15) is 10.1 Å². The summed E-state index contributed by atoms with van der Waals surface area (Å²) in [6.07, 6.45) is 0. The Morgan fingerprint density at radius 3 is 2.27 bits per heavy atom. The molecule has 0 spiro atoms. The van der Waals surface area contributed by atoms with Crippen LogP contribution in [-0.2, 0) is 0 Å². The lowest BCUT2D eigenvalue weighted by Gasteiger charge is -2.11. The normalized spacial score (nSPS) is 10.2. The zero-order chi connectivity index (χ0) is 18.5. The molecular weight excluding hydrogens is 336 g/mol. The number of ether oxygens (including phenoxy) is 1. The third-order valence-electron chi connectivity index (χ3n) is 3.48. The molecule has 9 heteroatoms. The highest BCUT2D eigenvalue weighted by Crippen LogP contribution is 2.32. The van der Waals surface area contributed by atoms with Crippen molar-refractivity contribution < 1.29 is 9.66 Å². The number of rotatable bonds is 6. The minimum atomic E-state index is -0.618. The minimum Gasteiger partial charge on any atom is -0.497 e. The van der Waals surface area contributed by atoms with Crippen molar-refractivity contribution in [3.05, 3.63) is 64.7 Å². The van der Waals surface area contributed by atoms with Crippen molar-refractivity contribution in [2.45, 2.75) is 0 Å². The van der Waals surface area contributed by atoms with Gasteiger partial charge in [0.15, 0.2) is 0 Å². The van der Waals surface area contributed by atoms with Gasteiger partial charge in [-0.2, -0.15) is 9.97 Å². The van der Waals surface area contributed by atoms with Crippen LogP contribution in [0.2, 0.25) is 0 Å². The number of benzene rings is 2. The molecule has 3 rings (SSSR count). The fourth-order valence-electron chi connectivity index (χ4n) is 2.26. The first-order chi connectivity index (χ1) is 12.6. The van der Waals surface area contributed by atoms with Gasteiger partial charge in [0.25, 0.3) is 0 Å². The minimum absolute atomic E-state index is 0.00824. The first-order valence-electron chi connectivity index (χ1n) is 7.62. The number of nitrogen functional groups attached to an aromatic ring is 1. The quantitative estimate of drug-likeness (QED) is 0.454. The van der Waals surface area contributed by atoms with Crippen LogP contribution >= 0.6 is 0 Å². The second kappa shape index (κ2) is 7.34. The summed E-state index contributed by atoms with van der Waals surface area (Å²) in [4.78, 5) is 18.9. The van der Waals surface area contributed by atoms with Crippen LogP contribution in [0.4, 0.5) is 34.6 Å². The van der Waals surface area contributed by atoms with E-state index in [-0.39, 0.29) is 23.3 Å². The zero-order valence-corrected chi connectivity index (χ0v) is 13.8. The van der Waals surface area contributed by atoms with Crippen LogP contribution in [0.3, 0.4) is 0 Å². The molecule has 0 radical (unpaired) electrons. The van der Waals surface area contributed by atoms with E-state index < -0.39 is 4.92 Å². The second-order valence-electron chi connectivity index (χ2n) is 5.23. The van der Waals surface area contributed by atoms with Gasteiger partial charge in [-0.05, 0) is 36.4 Å². The first-order valence-corrected chi connectivity index (χ1v) is 7.62. The Labute approximate surface area is 149 Å². The van der Waals surface area contributed by atoms with Crippen molar-refractivity contribution in [1.29, 1.82) is 0 Å². The van der Waals surface area contributed by atoms with E-state index in [0.29, 0.717) is 11.4 Å². The fourth-order valence-corrected chi connectivity index (χ4v) is 2.26. The number of methoxy groups -OCH3 is 1. The molecule has 3 aromatic rings. The van der Waals surface area contributed by atoms with Gasteiger partial charge in [-0.15, -0.1) is 0 Å². The van der Waals surface area contributed by atoms with Crippen LogP contribution in [0.5, 0.6) is 5.75 Å². The summed E-state index contributed by atoms with van der Waals surface area (Å²) in [5, 5.41) is 17.2. The number of nitrogens with one attached hydrogen (secondary N) is 2. The highest BCUT2D eigenvalue weighted by Gasteiger charge is 2.23. The number of anilines is 5. The molecule has 9 nitrogen and oxygen atoms in total. The Morgan fingerprint density at radius 2 is 1.65 bits per heavy atom. The molecule has 4 N–H and O–H groups in total. The highest BCUT2D eigenvalue weighted by atomic mass is 16.6. The summed E-state index contributed by atoms with van der Waals surface area (Å²) in [6.45, 7) is 0.